The molecule has 0 radical (unpaired) electrons. The summed E-state index contributed by atoms with van der Waals surface area (Å²) in [6.07, 6.45) is 1.06. The summed E-state index contributed by atoms with van der Waals surface area (Å²) < 4.78 is 0. The van der Waals surface area contributed by atoms with Crippen LogP contribution in [0.25, 0.3) is 0 Å². The first-order chi connectivity index (χ1) is 6.43. The summed E-state index contributed by atoms with van der Waals surface area (Å²) in [7, 11) is 0. The summed E-state index contributed by atoms with van der Waals surface area (Å²) in [5.41, 5.74) is 5.24. The number of nitrogens with one attached hydrogen (secondary N) is 1. The Morgan fingerprint density at radius 1 is 1.57 bits per heavy atom. The molecular formula is C10H22N2O2. The van der Waals surface area contributed by atoms with Crippen LogP contribution >= 0.6 is 0 Å². The molecule has 0 aromatic rings. The molecule has 0 heterocycles. The number of amides is 1. The van der Waals surface area contributed by atoms with E-state index in [9.17, 15) is 4.79 Å². The van der Waals surface area contributed by atoms with Gasteiger partial charge in [0.15, 0.2) is 0 Å². The van der Waals surface area contributed by atoms with Gasteiger partial charge in [0.25, 0.3) is 0 Å². The number of nitrogens with two attached hydrogens (primary N) is 1. The first kappa shape index (κ1) is 13.4. The SMILES string of the molecule is CCCC(C)(C)CNC(=O)C(O)CN. The molecule has 0 spiro atoms. The van der Waals surface area contributed by atoms with Crippen molar-refractivity contribution in [3.05, 3.63) is 0 Å². The van der Waals surface area contributed by atoms with Crippen molar-refractivity contribution in [1.29, 1.82) is 0 Å². The zero-order chi connectivity index (χ0) is 11.2. The van der Waals surface area contributed by atoms with E-state index in [0.717, 1.165) is 12.8 Å². The molecule has 4 heteroatoms. The van der Waals surface area contributed by atoms with Crippen molar-refractivity contribution < 1.29 is 9.90 Å². The highest BCUT2D eigenvalue weighted by atomic mass is 16.3. The minimum atomic E-state index is -1.08. The predicted molar refractivity (Wildman–Crippen MR) is 56.8 cm³/mol. The molecule has 0 aromatic carbocycles. The van der Waals surface area contributed by atoms with Gasteiger partial charge in [-0.1, -0.05) is 27.2 Å². The van der Waals surface area contributed by atoms with Crippen LogP contribution in [0.5, 0.6) is 0 Å². The highest BCUT2D eigenvalue weighted by molar-refractivity contribution is 5.80. The van der Waals surface area contributed by atoms with Crippen molar-refractivity contribution >= 4 is 5.91 Å². The summed E-state index contributed by atoms with van der Waals surface area (Å²) in [4.78, 5) is 11.2. The molecule has 14 heavy (non-hydrogen) atoms. The second-order valence-corrected chi connectivity index (χ2v) is 4.38. The number of carbonyl (C=O) groups is 1. The molecule has 0 fully saturated rings. The molecule has 1 unspecified atom stereocenters. The van der Waals surface area contributed by atoms with Crippen LogP contribution in [0, 0.1) is 5.41 Å². The quantitative estimate of drug-likeness (QED) is 0.578. The maximum Gasteiger partial charge on any atom is 0.250 e. The zero-order valence-corrected chi connectivity index (χ0v) is 9.34. The Kier molecular flexibility index (Phi) is 5.72. The molecule has 4 N–H and O–H groups in total. The maximum absolute atomic E-state index is 11.2. The minimum Gasteiger partial charge on any atom is -0.382 e. The molecule has 0 aliphatic rings. The van der Waals surface area contributed by atoms with Crippen molar-refractivity contribution in [1.82, 2.24) is 5.32 Å². The van der Waals surface area contributed by atoms with Crippen LogP contribution in [0.2, 0.25) is 0 Å². The molecule has 0 rings (SSSR count). The first-order valence-corrected chi connectivity index (χ1v) is 5.09. The van der Waals surface area contributed by atoms with Gasteiger partial charge in [-0.25, -0.2) is 0 Å². The highest BCUT2D eigenvalue weighted by Gasteiger charge is 2.19. The van der Waals surface area contributed by atoms with Crippen molar-refractivity contribution in [3.8, 4) is 0 Å². The highest BCUT2D eigenvalue weighted by Crippen LogP contribution is 2.20. The van der Waals surface area contributed by atoms with Gasteiger partial charge in [-0.05, 0) is 11.8 Å². The van der Waals surface area contributed by atoms with Gasteiger partial charge in [0.1, 0.15) is 6.10 Å². The molecule has 4 nitrogen and oxygen atoms in total. The van der Waals surface area contributed by atoms with Gasteiger partial charge in [-0.3, -0.25) is 4.79 Å². The number of rotatable bonds is 6. The van der Waals surface area contributed by atoms with E-state index in [1.165, 1.54) is 0 Å². The van der Waals surface area contributed by atoms with Crippen molar-refractivity contribution in [2.75, 3.05) is 13.1 Å². The van der Waals surface area contributed by atoms with Gasteiger partial charge in [-0.2, -0.15) is 0 Å². The number of aliphatic hydroxyl groups excluding tert-OH is 1. The zero-order valence-electron chi connectivity index (χ0n) is 9.34. The summed E-state index contributed by atoms with van der Waals surface area (Å²) in [5, 5.41) is 11.8. The summed E-state index contributed by atoms with van der Waals surface area (Å²) in [6.45, 7) is 6.84. The molecule has 0 saturated heterocycles. The van der Waals surface area contributed by atoms with E-state index in [0.29, 0.717) is 6.54 Å². The molecule has 0 aromatic heterocycles. The largest absolute Gasteiger partial charge is 0.382 e. The normalized spacial score (nSPS) is 13.8. The van der Waals surface area contributed by atoms with Crippen LogP contribution in [-0.2, 0) is 4.79 Å². The van der Waals surface area contributed by atoms with E-state index >= 15 is 0 Å². The second-order valence-electron chi connectivity index (χ2n) is 4.38. The van der Waals surface area contributed by atoms with Gasteiger partial charge in [0, 0.05) is 13.1 Å². The molecule has 0 bridgehead atoms. The predicted octanol–water partition coefficient (Wildman–Crippen LogP) is 0.249. The van der Waals surface area contributed by atoms with Crippen molar-refractivity contribution in [2.45, 2.75) is 39.7 Å². The van der Waals surface area contributed by atoms with Crippen LogP contribution in [0.4, 0.5) is 0 Å². The fourth-order valence-corrected chi connectivity index (χ4v) is 1.32. The van der Waals surface area contributed by atoms with Gasteiger partial charge < -0.3 is 16.2 Å². The van der Waals surface area contributed by atoms with E-state index < -0.39 is 6.10 Å². The molecule has 0 aliphatic heterocycles. The molecule has 84 valence electrons. The lowest BCUT2D eigenvalue weighted by Gasteiger charge is -2.24. The smallest absolute Gasteiger partial charge is 0.250 e. The summed E-state index contributed by atoms with van der Waals surface area (Å²) in [5.74, 6) is -0.378. The third-order valence-corrected chi connectivity index (χ3v) is 2.19. The van der Waals surface area contributed by atoms with Crippen LogP contribution in [0.1, 0.15) is 33.6 Å². The second kappa shape index (κ2) is 5.98. The number of hydrogen-bond donors (Lipinski definition) is 3. The Bertz CT molecular complexity index is 181. The first-order valence-electron chi connectivity index (χ1n) is 5.09. The monoisotopic (exact) mass is 202 g/mol. The topological polar surface area (TPSA) is 75.3 Å². The molecule has 1 atom stereocenters. The lowest BCUT2D eigenvalue weighted by Crippen LogP contribution is -2.43. The Morgan fingerprint density at radius 3 is 2.57 bits per heavy atom. The van der Waals surface area contributed by atoms with Crippen LogP contribution < -0.4 is 11.1 Å². The van der Waals surface area contributed by atoms with E-state index in [1.807, 2.05) is 0 Å². The Morgan fingerprint density at radius 2 is 2.14 bits per heavy atom. The van der Waals surface area contributed by atoms with Crippen molar-refractivity contribution in [3.63, 3.8) is 0 Å². The fourth-order valence-electron chi connectivity index (χ4n) is 1.32. The number of hydrogen-bond acceptors (Lipinski definition) is 3. The maximum atomic E-state index is 11.2. The van der Waals surface area contributed by atoms with Crippen LogP contribution in [0.15, 0.2) is 0 Å². The molecule has 0 aliphatic carbocycles. The number of carbonyl (C=O) groups excluding carboxylic acids is 1. The third kappa shape index (κ3) is 5.19. The van der Waals surface area contributed by atoms with Crippen LogP contribution in [0.3, 0.4) is 0 Å². The van der Waals surface area contributed by atoms with Crippen LogP contribution in [-0.4, -0.2) is 30.2 Å². The van der Waals surface area contributed by atoms with E-state index in [2.05, 4.69) is 26.1 Å². The third-order valence-electron chi connectivity index (χ3n) is 2.19. The Labute approximate surface area is 85.9 Å². The van der Waals surface area contributed by atoms with E-state index in [-0.39, 0.29) is 17.9 Å². The van der Waals surface area contributed by atoms with Gasteiger partial charge in [0.2, 0.25) is 5.91 Å². The average molecular weight is 202 g/mol. The summed E-state index contributed by atoms with van der Waals surface area (Å²) in [6, 6.07) is 0. The molecule has 1 amide bonds. The lowest BCUT2D eigenvalue weighted by molar-refractivity contribution is -0.129. The Balaban J connectivity index is 3.87. The minimum absolute atomic E-state index is 0.0277. The standard InChI is InChI=1S/C10H22N2O2/c1-4-5-10(2,3)7-12-9(14)8(13)6-11/h8,13H,4-7,11H2,1-3H3,(H,12,14). The fraction of sp³-hybridized carbons (Fsp3) is 0.900. The number of aliphatic hydroxyl groups is 1. The molecule has 0 saturated carbocycles. The average Bonchev–Trinajstić information content (AvgIpc) is 2.13. The van der Waals surface area contributed by atoms with Gasteiger partial charge in [0.05, 0.1) is 0 Å². The van der Waals surface area contributed by atoms with E-state index in [4.69, 9.17) is 10.8 Å². The van der Waals surface area contributed by atoms with Gasteiger partial charge >= 0.3 is 0 Å². The lowest BCUT2D eigenvalue weighted by atomic mass is 9.88. The van der Waals surface area contributed by atoms with E-state index in [1.54, 1.807) is 0 Å². The van der Waals surface area contributed by atoms with Gasteiger partial charge in [-0.15, -0.1) is 0 Å². The Hall–Kier alpha value is -0.610. The van der Waals surface area contributed by atoms with Crippen molar-refractivity contribution in [2.24, 2.45) is 11.1 Å². The summed E-state index contributed by atoms with van der Waals surface area (Å²) >= 11 is 0. The molecular weight excluding hydrogens is 180 g/mol.